The number of benzene rings is 2. The highest BCUT2D eigenvalue weighted by atomic mass is 79.9. The van der Waals surface area contributed by atoms with E-state index in [4.69, 9.17) is 9.47 Å². The molecule has 30 heavy (non-hydrogen) atoms. The summed E-state index contributed by atoms with van der Waals surface area (Å²) >= 11 is 3.41. The van der Waals surface area contributed by atoms with Crippen molar-refractivity contribution < 1.29 is 23.9 Å². The first kappa shape index (κ1) is 21.4. The van der Waals surface area contributed by atoms with Gasteiger partial charge in [-0.05, 0) is 58.8 Å². The molecule has 0 saturated carbocycles. The summed E-state index contributed by atoms with van der Waals surface area (Å²) < 4.78 is 11.5. The fourth-order valence-corrected chi connectivity index (χ4v) is 3.42. The number of halogens is 1. The van der Waals surface area contributed by atoms with Crippen molar-refractivity contribution in [1.82, 2.24) is 10.2 Å². The van der Waals surface area contributed by atoms with Crippen LogP contribution in [-0.2, 0) is 9.59 Å². The molecule has 1 heterocycles. The fraction of sp³-hybridized carbons (Fsp3) is 0.190. The third kappa shape index (κ3) is 4.80. The van der Waals surface area contributed by atoms with E-state index in [1.807, 2.05) is 18.2 Å². The van der Waals surface area contributed by atoms with Crippen LogP contribution in [0.3, 0.4) is 0 Å². The molecule has 9 heteroatoms. The highest BCUT2D eigenvalue weighted by Gasteiger charge is 2.32. The zero-order chi connectivity index (χ0) is 21.7. The first-order chi connectivity index (χ1) is 14.4. The Bertz CT molecular complexity index is 1010. The SMILES string of the molecule is CCN1C(=O)N/C(=C/c2cc(Br)c(OCC(=O)Nc3ccccc3)c(OC)c2)C1=O. The molecule has 2 aromatic carbocycles. The quantitative estimate of drug-likeness (QED) is 0.474. The Hall–Kier alpha value is -3.33. The second-order valence-corrected chi connectivity index (χ2v) is 7.13. The molecular weight excluding hydrogens is 454 g/mol. The van der Waals surface area contributed by atoms with Gasteiger partial charge >= 0.3 is 6.03 Å². The van der Waals surface area contributed by atoms with Gasteiger partial charge in [0.25, 0.3) is 11.8 Å². The van der Waals surface area contributed by atoms with Crippen LogP contribution in [0.15, 0.2) is 52.6 Å². The normalized spacial score (nSPS) is 14.6. The molecule has 2 aromatic rings. The average Bonchev–Trinajstić information content (AvgIpc) is 2.99. The summed E-state index contributed by atoms with van der Waals surface area (Å²) in [7, 11) is 1.47. The van der Waals surface area contributed by atoms with Crippen LogP contribution in [0.2, 0.25) is 0 Å². The molecule has 2 N–H and O–H groups in total. The maximum absolute atomic E-state index is 12.2. The Balaban J connectivity index is 1.74. The van der Waals surface area contributed by atoms with Gasteiger partial charge in [-0.2, -0.15) is 0 Å². The summed E-state index contributed by atoms with van der Waals surface area (Å²) in [6.07, 6.45) is 1.55. The molecule has 1 aliphatic heterocycles. The van der Waals surface area contributed by atoms with Crippen molar-refractivity contribution >= 4 is 45.5 Å². The third-order valence-corrected chi connectivity index (χ3v) is 4.84. The monoisotopic (exact) mass is 473 g/mol. The highest BCUT2D eigenvalue weighted by molar-refractivity contribution is 9.10. The summed E-state index contributed by atoms with van der Waals surface area (Å²) in [5.74, 6) is 0.00320. The van der Waals surface area contributed by atoms with Crippen molar-refractivity contribution in [1.29, 1.82) is 0 Å². The third-order valence-electron chi connectivity index (χ3n) is 4.25. The Morgan fingerprint density at radius 1 is 1.23 bits per heavy atom. The molecule has 0 radical (unpaired) electrons. The summed E-state index contributed by atoms with van der Waals surface area (Å²) in [5.41, 5.74) is 1.46. The van der Waals surface area contributed by atoms with E-state index >= 15 is 0 Å². The number of likely N-dealkylation sites (N-methyl/N-ethyl adjacent to an activating group) is 1. The lowest BCUT2D eigenvalue weighted by Gasteiger charge is -2.14. The fourth-order valence-electron chi connectivity index (χ4n) is 2.84. The lowest BCUT2D eigenvalue weighted by Crippen LogP contribution is -2.30. The van der Waals surface area contributed by atoms with Crippen molar-refractivity contribution in [2.24, 2.45) is 0 Å². The van der Waals surface area contributed by atoms with E-state index in [0.29, 0.717) is 27.2 Å². The van der Waals surface area contributed by atoms with Gasteiger partial charge in [0.15, 0.2) is 18.1 Å². The topological polar surface area (TPSA) is 97.0 Å². The van der Waals surface area contributed by atoms with Gasteiger partial charge in [0.1, 0.15) is 5.70 Å². The maximum atomic E-state index is 12.2. The largest absolute Gasteiger partial charge is 0.493 e. The number of hydrogen-bond donors (Lipinski definition) is 2. The first-order valence-corrected chi connectivity index (χ1v) is 9.92. The number of para-hydroxylation sites is 1. The number of ether oxygens (including phenoxy) is 2. The van der Waals surface area contributed by atoms with Crippen LogP contribution >= 0.6 is 15.9 Å². The number of amides is 4. The predicted molar refractivity (Wildman–Crippen MR) is 115 cm³/mol. The van der Waals surface area contributed by atoms with Gasteiger partial charge in [-0.15, -0.1) is 0 Å². The summed E-state index contributed by atoms with van der Waals surface area (Å²) in [6.45, 7) is 1.79. The van der Waals surface area contributed by atoms with E-state index in [-0.39, 0.29) is 24.8 Å². The van der Waals surface area contributed by atoms with Gasteiger partial charge in [0, 0.05) is 12.2 Å². The van der Waals surface area contributed by atoms with Crippen molar-refractivity contribution in [3.05, 3.63) is 58.2 Å². The van der Waals surface area contributed by atoms with Gasteiger partial charge in [0.2, 0.25) is 0 Å². The standard InChI is InChI=1S/C21H20BrN3O5/c1-3-25-20(27)16(24-21(25)28)10-13-9-15(22)19(17(11-13)29-2)30-12-18(26)23-14-7-5-4-6-8-14/h4-11H,3,12H2,1-2H3,(H,23,26)(H,24,28)/b16-10+. The number of carbonyl (C=O) groups excluding carboxylic acids is 3. The molecule has 8 nitrogen and oxygen atoms in total. The molecule has 3 rings (SSSR count). The first-order valence-electron chi connectivity index (χ1n) is 9.12. The van der Waals surface area contributed by atoms with Gasteiger partial charge in [-0.25, -0.2) is 4.79 Å². The number of nitrogens with one attached hydrogen (secondary N) is 2. The molecule has 1 aliphatic rings. The van der Waals surface area contributed by atoms with E-state index in [1.54, 1.807) is 37.3 Å². The molecule has 0 bridgehead atoms. The number of carbonyl (C=O) groups is 3. The number of hydrogen-bond acceptors (Lipinski definition) is 5. The molecule has 4 amide bonds. The second kappa shape index (κ2) is 9.45. The van der Waals surface area contributed by atoms with Crippen LogP contribution in [0.5, 0.6) is 11.5 Å². The summed E-state index contributed by atoms with van der Waals surface area (Å²) in [5, 5.41) is 5.28. The maximum Gasteiger partial charge on any atom is 0.328 e. The predicted octanol–water partition coefficient (Wildman–Crippen LogP) is 3.39. The highest BCUT2D eigenvalue weighted by Crippen LogP contribution is 2.37. The Labute approximate surface area is 182 Å². The lowest BCUT2D eigenvalue weighted by atomic mass is 10.1. The van der Waals surface area contributed by atoms with Crippen LogP contribution in [0, 0.1) is 0 Å². The molecule has 0 atom stereocenters. The van der Waals surface area contributed by atoms with Crippen LogP contribution in [0.1, 0.15) is 12.5 Å². The average molecular weight is 474 g/mol. The minimum absolute atomic E-state index is 0.173. The molecule has 0 aliphatic carbocycles. The zero-order valence-corrected chi connectivity index (χ0v) is 18.0. The number of anilines is 1. The molecule has 0 aromatic heterocycles. The summed E-state index contributed by atoms with van der Waals surface area (Å²) in [4.78, 5) is 37.3. The van der Waals surface area contributed by atoms with E-state index in [2.05, 4.69) is 26.6 Å². The Morgan fingerprint density at radius 2 is 1.97 bits per heavy atom. The van der Waals surface area contributed by atoms with Gasteiger partial charge in [-0.3, -0.25) is 14.5 Å². The number of rotatable bonds is 7. The van der Waals surface area contributed by atoms with Crippen molar-refractivity contribution in [3.63, 3.8) is 0 Å². The molecule has 0 spiro atoms. The van der Waals surface area contributed by atoms with E-state index in [0.717, 1.165) is 4.90 Å². The molecule has 1 fully saturated rings. The zero-order valence-electron chi connectivity index (χ0n) is 16.4. The number of methoxy groups -OCH3 is 1. The van der Waals surface area contributed by atoms with Gasteiger partial charge in [-0.1, -0.05) is 18.2 Å². The number of urea groups is 1. The Morgan fingerprint density at radius 3 is 2.60 bits per heavy atom. The van der Waals surface area contributed by atoms with E-state index in [1.165, 1.54) is 7.11 Å². The number of nitrogens with zero attached hydrogens (tertiary/aromatic N) is 1. The van der Waals surface area contributed by atoms with Crippen LogP contribution in [0.4, 0.5) is 10.5 Å². The van der Waals surface area contributed by atoms with Crippen LogP contribution < -0.4 is 20.1 Å². The van der Waals surface area contributed by atoms with Crippen molar-refractivity contribution in [2.75, 3.05) is 25.6 Å². The molecule has 1 saturated heterocycles. The lowest BCUT2D eigenvalue weighted by molar-refractivity contribution is -0.122. The second-order valence-electron chi connectivity index (χ2n) is 6.27. The minimum atomic E-state index is -0.454. The van der Waals surface area contributed by atoms with Crippen LogP contribution in [0.25, 0.3) is 6.08 Å². The van der Waals surface area contributed by atoms with Crippen molar-refractivity contribution in [3.8, 4) is 11.5 Å². The molecule has 156 valence electrons. The van der Waals surface area contributed by atoms with Gasteiger partial charge in [0.05, 0.1) is 11.6 Å². The van der Waals surface area contributed by atoms with E-state index < -0.39 is 11.9 Å². The van der Waals surface area contributed by atoms with Crippen molar-refractivity contribution in [2.45, 2.75) is 6.92 Å². The Kier molecular flexibility index (Phi) is 6.73. The minimum Gasteiger partial charge on any atom is -0.493 e. The molecular formula is C21H20BrN3O5. The van der Waals surface area contributed by atoms with Crippen LogP contribution in [-0.4, -0.2) is 43.0 Å². The van der Waals surface area contributed by atoms with Gasteiger partial charge < -0.3 is 20.1 Å². The summed E-state index contributed by atoms with van der Waals surface area (Å²) in [6, 6.07) is 11.9. The number of imide groups is 1. The smallest absolute Gasteiger partial charge is 0.328 e. The van der Waals surface area contributed by atoms with E-state index in [9.17, 15) is 14.4 Å². The molecule has 0 unspecified atom stereocenters.